The molecule has 1 aliphatic heterocycles. The first-order chi connectivity index (χ1) is 11.5. The van der Waals surface area contributed by atoms with Gasteiger partial charge in [-0.2, -0.15) is 5.10 Å². The van der Waals surface area contributed by atoms with Crippen molar-refractivity contribution in [2.24, 2.45) is 13.0 Å². The number of nitrogens with zero attached hydrogens (tertiary/aromatic N) is 3. The normalized spacial score (nSPS) is 17.2. The Kier molecular flexibility index (Phi) is 5.00. The second-order valence-electron chi connectivity index (χ2n) is 6.29. The molecule has 1 unspecified atom stereocenters. The first kappa shape index (κ1) is 16.7. The van der Waals surface area contributed by atoms with Crippen molar-refractivity contribution >= 4 is 17.5 Å². The molecule has 0 spiro atoms. The van der Waals surface area contributed by atoms with Crippen molar-refractivity contribution in [2.75, 3.05) is 13.1 Å². The lowest BCUT2D eigenvalue weighted by atomic mass is 9.99. The summed E-state index contributed by atoms with van der Waals surface area (Å²) in [6.45, 7) is 1.53. The van der Waals surface area contributed by atoms with Gasteiger partial charge in [0.25, 0.3) is 5.56 Å². The van der Waals surface area contributed by atoms with E-state index in [1.165, 1.54) is 16.3 Å². The summed E-state index contributed by atoms with van der Waals surface area (Å²) in [6, 6.07) is 11.0. The number of hydrogen-bond donors (Lipinski definition) is 0. The minimum absolute atomic E-state index is 0.0646. The van der Waals surface area contributed by atoms with Gasteiger partial charge in [-0.05, 0) is 42.5 Å². The first-order valence-corrected chi connectivity index (χ1v) is 8.44. The van der Waals surface area contributed by atoms with Gasteiger partial charge in [0.15, 0.2) is 0 Å². The van der Waals surface area contributed by atoms with Gasteiger partial charge in [-0.1, -0.05) is 23.7 Å². The number of halogens is 1. The minimum atomic E-state index is -0.172. The van der Waals surface area contributed by atoms with E-state index in [0.717, 1.165) is 31.0 Å². The summed E-state index contributed by atoms with van der Waals surface area (Å²) in [4.78, 5) is 25.7. The van der Waals surface area contributed by atoms with Crippen LogP contribution in [0.5, 0.6) is 0 Å². The van der Waals surface area contributed by atoms with Crippen LogP contribution in [0.3, 0.4) is 0 Å². The Labute approximate surface area is 145 Å². The maximum absolute atomic E-state index is 12.4. The third-order valence-electron chi connectivity index (χ3n) is 4.40. The number of carbonyl (C=O) groups excluding carboxylic acids is 1. The molecule has 0 N–H and O–H groups in total. The fraction of sp³-hybridized carbons (Fsp3) is 0.389. The first-order valence-electron chi connectivity index (χ1n) is 8.07. The van der Waals surface area contributed by atoms with Crippen molar-refractivity contribution in [1.82, 2.24) is 14.7 Å². The molecule has 5 nitrogen and oxygen atoms in total. The number of rotatable bonds is 4. The maximum atomic E-state index is 12.4. The Morgan fingerprint density at radius 2 is 2.17 bits per heavy atom. The fourth-order valence-electron chi connectivity index (χ4n) is 3.13. The van der Waals surface area contributed by atoms with Crippen molar-refractivity contribution < 1.29 is 4.79 Å². The van der Waals surface area contributed by atoms with Gasteiger partial charge in [0.1, 0.15) is 0 Å². The van der Waals surface area contributed by atoms with Crippen LogP contribution in [-0.4, -0.2) is 33.7 Å². The Hall–Kier alpha value is -2.14. The molecular formula is C18H20ClN3O2. The quantitative estimate of drug-likeness (QED) is 0.852. The minimum Gasteiger partial charge on any atom is -0.342 e. The molecule has 3 rings (SSSR count). The van der Waals surface area contributed by atoms with Gasteiger partial charge >= 0.3 is 0 Å². The highest BCUT2D eigenvalue weighted by molar-refractivity contribution is 6.30. The topological polar surface area (TPSA) is 55.2 Å². The Bertz CT molecular complexity index is 803. The van der Waals surface area contributed by atoms with Crippen LogP contribution in [0.1, 0.15) is 17.7 Å². The number of hydrogen-bond acceptors (Lipinski definition) is 3. The molecule has 1 saturated heterocycles. The predicted molar refractivity (Wildman–Crippen MR) is 93.0 cm³/mol. The van der Waals surface area contributed by atoms with Crippen molar-refractivity contribution in [3.05, 3.63) is 63.0 Å². The van der Waals surface area contributed by atoms with Crippen LogP contribution < -0.4 is 5.56 Å². The zero-order valence-corrected chi connectivity index (χ0v) is 14.4. The van der Waals surface area contributed by atoms with Crippen molar-refractivity contribution in [2.45, 2.75) is 19.3 Å². The van der Waals surface area contributed by atoms with Crippen LogP contribution in [-0.2, 0) is 24.7 Å². The maximum Gasteiger partial charge on any atom is 0.266 e. The van der Waals surface area contributed by atoms with E-state index in [2.05, 4.69) is 11.2 Å². The van der Waals surface area contributed by atoms with E-state index in [0.29, 0.717) is 11.6 Å². The second-order valence-corrected chi connectivity index (χ2v) is 6.73. The summed E-state index contributed by atoms with van der Waals surface area (Å²) in [7, 11) is 1.59. The van der Waals surface area contributed by atoms with Gasteiger partial charge in [-0.15, -0.1) is 0 Å². The number of benzene rings is 1. The largest absolute Gasteiger partial charge is 0.342 e. The van der Waals surface area contributed by atoms with Crippen molar-refractivity contribution in [3.63, 3.8) is 0 Å². The van der Waals surface area contributed by atoms with E-state index in [-0.39, 0.29) is 17.9 Å². The summed E-state index contributed by atoms with van der Waals surface area (Å²) in [5.74, 6) is 0.523. The van der Waals surface area contributed by atoms with E-state index in [9.17, 15) is 9.59 Å². The number of aryl methyl sites for hydroxylation is 1. The van der Waals surface area contributed by atoms with Crippen LogP contribution in [0.15, 0.2) is 41.2 Å². The van der Waals surface area contributed by atoms with E-state index in [1.807, 2.05) is 23.1 Å². The van der Waals surface area contributed by atoms with Crippen LogP contribution in [0, 0.1) is 5.92 Å². The van der Waals surface area contributed by atoms with Crippen LogP contribution in [0.2, 0.25) is 5.02 Å². The second kappa shape index (κ2) is 7.18. The Morgan fingerprint density at radius 1 is 1.33 bits per heavy atom. The summed E-state index contributed by atoms with van der Waals surface area (Å²) < 4.78 is 1.26. The average molecular weight is 346 g/mol. The van der Waals surface area contributed by atoms with Gasteiger partial charge in [-0.25, -0.2) is 4.68 Å². The molecule has 1 amide bonds. The molecule has 2 heterocycles. The SMILES string of the molecule is Cn1nc(CC(=O)N2CCC(Cc3cccc(Cl)c3)C2)ccc1=O. The molecule has 1 aromatic heterocycles. The molecule has 1 aromatic carbocycles. The number of amides is 1. The highest BCUT2D eigenvalue weighted by Gasteiger charge is 2.26. The molecule has 6 heteroatoms. The van der Waals surface area contributed by atoms with Crippen LogP contribution >= 0.6 is 11.6 Å². The van der Waals surface area contributed by atoms with Gasteiger partial charge in [0.05, 0.1) is 12.1 Å². The lowest BCUT2D eigenvalue weighted by Gasteiger charge is -2.16. The van der Waals surface area contributed by atoms with E-state index in [4.69, 9.17) is 11.6 Å². The predicted octanol–water partition coefficient (Wildman–Crippen LogP) is 2.07. The molecule has 24 heavy (non-hydrogen) atoms. The monoisotopic (exact) mass is 345 g/mol. The Balaban J connectivity index is 1.57. The van der Waals surface area contributed by atoms with E-state index >= 15 is 0 Å². The smallest absolute Gasteiger partial charge is 0.266 e. The van der Waals surface area contributed by atoms with E-state index < -0.39 is 0 Å². The highest BCUT2D eigenvalue weighted by atomic mass is 35.5. The Morgan fingerprint density at radius 3 is 2.92 bits per heavy atom. The molecule has 1 atom stereocenters. The lowest BCUT2D eigenvalue weighted by molar-refractivity contribution is -0.129. The summed E-state index contributed by atoms with van der Waals surface area (Å²) >= 11 is 6.03. The summed E-state index contributed by atoms with van der Waals surface area (Å²) in [5.41, 5.74) is 1.66. The van der Waals surface area contributed by atoms with Crippen molar-refractivity contribution in [3.8, 4) is 0 Å². The third kappa shape index (κ3) is 4.03. The molecule has 0 saturated carbocycles. The van der Waals surface area contributed by atoms with Gasteiger partial charge in [0, 0.05) is 31.2 Å². The lowest BCUT2D eigenvalue weighted by Crippen LogP contribution is -2.31. The van der Waals surface area contributed by atoms with Gasteiger partial charge in [0.2, 0.25) is 5.91 Å². The molecule has 0 radical (unpaired) electrons. The third-order valence-corrected chi connectivity index (χ3v) is 4.64. The zero-order valence-electron chi connectivity index (χ0n) is 13.6. The zero-order chi connectivity index (χ0) is 17.1. The molecule has 126 valence electrons. The summed E-state index contributed by atoms with van der Waals surface area (Å²) in [5, 5.41) is 4.87. The van der Waals surface area contributed by atoms with Crippen molar-refractivity contribution in [1.29, 1.82) is 0 Å². The number of carbonyl (C=O) groups is 1. The van der Waals surface area contributed by atoms with E-state index in [1.54, 1.807) is 13.1 Å². The fourth-order valence-corrected chi connectivity index (χ4v) is 3.35. The molecule has 1 fully saturated rings. The molecule has 0 aliphatic carbocycles. The van der Waals surface area contributed by atoms with Gasteiger partial charge < -0.3 is 4.90 Å². The molecular weight excluding hydrogens is 326 g/mol. The van der Waals surface area contributed by atoms with Crippen LogP contribution in [0.4, 0.5) is 0 Å². The molecule has 2 aromatic rings. The van der Waals surface area contributed by atoms with Gasteiger partial charge in [-0.3, -0.25) is 9.59 Å². The standard InChI is InChI=1S/C18H20ClN3O2/c1-21-17(23)6-5-16(20-21)11-18(24)22-8-7-14(12-22)9-13-3-2-4-15(19)10-13/h2-6,10,14H,7-9,11-12H2,1H3. The number of aromatic nitrogens is 2. The van der Waals surface area contributed by atoms with Crippen LogP contribution in [0.25, 0.3) is 0 Å². The number of likely N-dealkylation sites (tertiary alicyclic amines) is 1. The average Bonchev–Trinajstić information content (AvgIpc) is 2.99. The molecule has 0 bridgehead atoms. The molecule has 1 aliphatic rings. The highest BCUT2D eigenvalue weighted by Crippen LogP contribution is 2.22. The summed E-state index contributed by atoms with van der Waals surface area (Å²) in [6.07, 6.45) is 2.17.